The number of benzene rings is 2. The number of fused-ring (bicyclic) bond motifs is 1. The predicted molar refractivity (Wildman–Crippen MR) is 121 cm³/mol. The van der Waals surface area contributed by atoms with Crippen molar-refractivity contribution in [1.29, 1.82) is 0 Å². The van der Waals surface area contributed by atoms with Gasteiger partial charge in [-0.05, 0) is 24.3 Å². The summed E-state index contributed by atoms with van der Waals surface area (Å²) in [5.41, 5.74) is 0.210. The van der Waals surface area contributed by atoms with E-state index in [2.05, 4.69) is 5.32 Å². The number of amides is 1. The van der Waals surface area contributed by atoms with Crippen LogP contribution in [0, 0.1) is 10.1 Å². The van der Waals surface area contributed by atoms with Gasteiger partial charge in [-0.15, -0.1) is 0 Å². The zero-order valence-corrected chi connectivity index (χ0v) is 19.0. The van der Waals surface area contributed by atoms with Gasteiger partial charge in [-0.25, -0.2) is 13.2 Å². The van der Waals surface area contributed by atoms with Crippen molar-refractivity contribution in [2.75, 3.05) is 31.1 Å². The molecular formula is C20H23N5O7S. The molecule has 1 heterocycles. The first-order valence-corrected chi connectivity index (χ1v) is 11.2. The van der Waals surface area contributed by atoms with E-state index in [0.29, 0.717) is 11.0 Å². The number of hydrogen-bond acceptors (Lipinski definition) is 7. The van der Waals surface area contributed by atoms with Crippen LogP contribution in [0.15, 0.2) is 52.2 Å². The standard InChI is InChI=1S/C20H23N5O7S/c1-22-17-8-7-16(12-18(17)23(2)20(22)27)33(30,31)24(13-19(26)21-9-10-32-3)14-5-4-6-15(11-14)25(28)29/h4-8,11-12H,9-10,13H2,1-3H3,(H,21,26). The number of nitro groups is 1. The summed E-state index contributed by atoms with van der Waals surface area (Å²) < 4.78 is 35.5. The number of rotatable bonds is 9. The number of methoxy groups -OCH3 is 1. The Morgan fingerprint density at radius 1 is 1.15 bits per heavy atom. The van der Waals surface area contributed by atoms with Crippen LogP contribution in [0.3, 0.4) is 0 Å². The first-order chi connectivity index (χ1) is 15.6. The van der Waals surface area contributed by atoms with E-state index < -0.39 is 27.4 Å². The van der Waals surface area contributed by atoms with Gasteiger partial charge in [-0.2, -0.15) is 0 Å². The highest BCUT2D eigenvalue weighted by atomic mass is 32.2. The summed E-state index contributed by atoms with van der Waals surface area (Å²) in [5.74, 6) is -0.615. The first kappa shape index (κ1) is 23.9. The lowest BCUT2D eigenvalue weighted by atomic mass is 10.3. The molecule has 3 aromatic rings. The quantitative estimate of drug-likeness (QED) is 0.272. The second-order valence-corrected chi connectivity index (χ2v) is 9.04. The van der Waals surface area contributed by atoms with Crippen molar-refractivity contribution in [3.63, 3.8) is 0 Å². The summed E-state index contributed by atoms with van der Waals surface area (Å²) in [6, 6.07) is 9.15. The Kier molecular flexibility index (Phi) is 6.84. The molecule has 1 aromatic heterocycles. The summed E-state index contributed by atoms with van der Waals surface area (Å²) in [6.45, 7) is -0.219. The highest BCUT2D eigenvalue weighted by Crippen LogP contribution is 2.28. The number of nitro benzene ring substituents is 1. The lowest BCUT2D eigenvalue weighted by molar-refractivity contribution is -0.384. The monoisotopic (exact) mass is 477 g/mol. The minimum absolute atomic E-state index is 0.0480. The molecule has 1 amide bonds. The van der Waals surface area contributed by atoms with Gasteiger partial charge < -0.3 is 10.1 Å². The summed E-state index contributed by atoms with van der Waals surface area (Å²) in [7, 11) is 0.202. The van der Waals surface area contributed by atoms with E-state index in [-0.39, 0.29) is 35.1 Å². The lowest BCUT2D eigenvalue weighted by Gasteiger charge is -2.24. The molecule has 0 bridgehead atoms. The van der Waals surface area contributed by atoms with E-state index >= 15 is 0 Å². The second-order valence-electron chi connectivity index (χ2n) is 7.18. The highest BCUT2D eigenvalue weighted by molar-refractivity contribution is 7.92. The maximum Gasteiger partial charge on any atom is 0.328 e. The zero-order valence-electron chi connectivity index (χ0n) is 18.2. The molecule has 2 aromatic carbocycles. The molecule has 176 valence electrons. The number of nitrogens with one attached hydrogen (secondary N) is 1. The van der Waals surface area contributed by atoms with Crippen molar-refractivity contribution in [3.8, 4) is 0 Å². The van der Waals surface area contributed by atoms with E-state index in [9.17, 15) is 28.1 Å². The van der Waals surface area contributed by atoms with Crippen LogP contribution in [0.4, 0.5) is 11.4 Å². The Labute approximate surface area is 189 Å². The maximum atomic E-state index is 13.6. The number of carbonyl (C=O) groups excluding carboxylic acids is 1. The van der Waals surface area contributed by atoms with Gasteiger partial charge in [-0.3, -0.25) is 28.3 Å². The van der Waals surface area contributed by atoms with Crippen LogP contribution < -0.4 is 15.3 Å². The van der Waals surface area contributed by atoms with Crippen LogP contribution in [-0.4, -0.2) is 55.2 Å². The smallest absolute Gasteiger partial charge is 0.328 e. The molecule has 0 atom stereocenters. The minimum atomic E-state index is -4.34. The molecular weight excluding hydrogens is 454 g/mol. The van der Waals surface area contributed by atoms with Gasteiger partial charge in [0.2, 0.25) is 5.91 Å². The van der Waals surface area contributed by atoms with E-state index in [4.69, 9.17) is 4.74 Å². The SMILES string of the molecule is COCCNC(=O)CN(c1cccc([N+](=O)[O-])c1)S(=O)(=O)c1ccc2c(c1)n(C)c(=O)n2C. The van der Waals surface area contributed by atoms with Crippen LogP contribution in [0.25, 0.3) is 11.0 Å². The molecule has 0 saturated heterocycles. The third-order valence-corrected chi connectivity index (χ3v) is 6.85. The van der Waals surface area contributed by atoms with Crippen molar-refractivity contribution in [3.05, 3.63) is 63.1 Å². The molecule has 3 rings (SSSR count). The fraction of sp³-hybridized carbons (Fsp3) is 0.300. The third-order valence-electron chi connectivity index (χ3n) is 5.08. The van der Waals surface area contributed by atoms with Crippen LogP contribution in [0.2, 0.25) is 0 Å². The molecule has 0 unspecified atom stereocenters. The molecule has 13 heteroatoms. The van der Waals surface area contributed by atoms with Crippen LogP contribution >= 0.6 is 0 Å². The van der Waals surface area contributed by atoms with E-state index in [1.807, 2.05) is 0 Å². The van der Waals surface area contributed by atoms with Gasteiger partial charge in [0.05, 0.1) is 33.1 Å². The highest BCUT2D eigenvalue weighted by Gasteiger charge is 2.29. The number of imidazole rings is 1. The summed E-state index contributed by atoms with van der Waals surface area (Å²) in [5, 5.41) is 13.8. The molecule has 0 saturated carbocycles. The van der Waals surface area contributed by atoms with Crippen molar-refractivity contribution in [1.82, 2.24) is 14.5 Å². The molecule has 33 heavy (non-hydrogen) atoms. The molecule has 0 fully saturated rings. The van der Waals surface area contributed by atoms with Gasteiger partial charge in [0.1, 0.15) is 6.54 Å². The van der Waals surface area contributed by atoms with Gasteiger partial charge >= 0.3 is 5.69 Å². The molecule has 0 aliphatic rings. The Bertz CT molecular complexity index is 1380. The Morgan fingerprint density at radius 2 is 1.85 bits per heavy atom. The molecule has 0 aliphatic carbocycles. The summed E-state index contributed by atoms with van der Waals surface area (Å²) in [4.78, 5) is 35.1. The summed E-state index contributed by atoms with van der Waals surface area (Å²) in [6.07, 6.45) is 0. The van der Waals surface area contributed by atoms with Crippen LogP contribution in [0.5, 0.6) is 0 Å². The number of hydrogen-bond donors (Lipinski definition) is 1. The number of nitrogens with zero attached hydrogens (tertiary/aromatic N) is 4. The normalized spacial score (nSPS) is 11.5. The number of sulfonamides is 1. The minimum Gasteiger partial charge on any atom is -0.383 e. The number of non-ortho nitro benzene ring substituents is 1. The van der Waals surface area contributed by atoms with Gasteiger partial charge in [-0.1, -0.05) is 6.07 Å². The third kappa shape index (κ3) is 4.73. The number of carbonyl (C=O) groups is 1. The van der Waals surface area contributed by atoms with Crippen LogP contribution in [-0.2, 0) is 33.7 Å². The van der Waals surface area contributed by atoms with Crippen molar-refractivity contribution < 1.29 is 22.9 Å². The molecule has 0 aliphatic heterocycles. The van der Waals surface area contributed by atoms with Gasteiger partial charge in [0, 0.05) is 39.9 Å². The van der Waals surface area contributed by atoms with Crippen LogP contribution in [0.1, 0.15) is 0 Å². The number of aromatic nitrogens is 2. The average molecular weight is 477 g/mol. The number of aryl methyl sites for hydroxylation is 2. The predicted octanol–water partition coefficient (Wildman–Crippen LogP) is 0.743. The van der Waals surface area contributed by atoms with Crippen molar-refractivity contribution in [2.24, 2.45) is 14.1 Å². The molecule has 12 nitrogen and oxygen atoms in total. The van der Waals surface area contributed by atoms with Gasteiger partial charge in [0.25, 0.3) is 15.7 Å². The van der Waals surface area contributed by atoms with Gasteiger partial charge in [0.15, 0.2) is 0 Å². The topological polar surface area (TPSA) is 146 Å². The van der Waals surface area contributed by atoms with Crippen molar-refractivity contribution in [2.45, 2.75) is 4.90 Å². The molecule has 0 spiro atoms. The zero-order chi connectivity index (χ0) is 24.3. The average Bonchev–Trinajstić information content (AvgIpc) is 3.01. The number of anilines is 1. The fourth-order valence-corrected chi connectivity index (χ4v) is 4.76. The summed E-state index contributed by atoms with van der Waals surface area (Å²) >= 11 is 0. The molecule has 0 radical (unpaired) electrons. The first-order valence-electron chi connectivity index (χ1n) is 9.76. The largest absolute Gasteiger partial charge is 0.383 e. The lowest BCUT2D eigenvalue weighted by Crippen LogP contribution is -2.41. The Morgan fingerprint density at radius 3 is 2.52 bits per heavy atom. The Hall–Kier alpha value is -3.71. The second kappa shape index (κ2) is 9.42. The van der Waals surface area contributed by atoms with E-state index in [1.165, 1.54) is 59.7 Å². The van der Waals surface area contributed by atoms with Crippen molar-refractivity contribution >= 4 is 38.3 Å². The number of ether oxygens (including phenoxy) is 1. The van der Waals surface area contributed by atoms with E-state index in [1.54, 1.807) is 7.05 Å². The Balaban J connectivity index is 2.10. The van der Waals surface area contributed by atoms with E-state index in [0.717, 1.165) is 10.4 Å². The maximum absolute atomic E-state index is 13.6. The fourth-order valence-electron chi connectivity index (χ4n) is 3.33. The molecule has 1 N–H and O–H groups in total.